The highest BCUT2D eigenvalue weighted by molar-refractivity contribution is 5.85. The van der Waals surface area contributed by atoms with Gasteiger partial charge in [0.1, 0.15) is 0 Å². The van der Waals surface area contributed by atoms with Crippen LogP contribution < -0.4 is 5.73 Å². The van der Waals surface area contributed by atoms with Gasteiger partial charge in [-0.25, -0.2) is 0 Å². The predicted octanol–water partition coefficient (Wildman–Crippen LogP) is 1.88. The van der Waals surface area contributed by atoms with Crippen molar-refractivity contribution in [1.29, 1.82) is 0 Å². The molecule has 0 amide bonds. The van der Waals surface area contributed by atoms with E-state index in [0.717, 1.165) is 18.5 Å². The maximum absolute atomic E-state index is 5.54. The third-order valence-corrected chi connectivity index (χ3v) is 2.95. The smallest absolute Gasteiger partial charge is 0.00385 e. The Hall–Kier alpha value is 0.210. The van der Waals surface area contributed by atoms with Crippen LogP contribution in [0.4, 0.5) is 0 Å². The Morgan fingerprint density at radius 1 is 1.31 bits per heavy atom. The number of piperidine rings is 1. The van der Waals surface area contributed by atoms with Crippen molar-refractivity contribution in [1.82, 2.24) is 4.90 Å². The van der Waals surface area contributed by atoms with Crippen LogP contribution in [0.2, 0.25) is 0 Å². The van der Waals surface area contributed by atoms with E-state index in [1.807, 2.05) is 0 Å². The molecule has 0 atom stereocenters. The third kappa shape index (κ3) is 4.30. The lowest BCUT2D eigenvalue weighted by Gasteiger charge is -2.34. The van der Waals surface area contributed by atoms with E-state index in [-0.39, 0.29) is 12.4 Å². The van der Waals surface area contributed by atoms with Crippen LogP contribution in [0.25, 0.3) is 0 Å². The summed E-state index contributed by atoms with van der Waals surface area (Å²) in [7, 11) is 0. The Kier molecular flexibility index (Phi) is 6.74. The number of rotatable bonds is 3. The number of hydrogen-bond donors (Lipinski definition) is 1. The highest BCUT2D eigenvalue weighted by Gasteiger charge is 2.19. The molecule has 0 aromatic rings. The van der Waals surface area contributed by atoms with Crippen molar-refractivity contribution in [3.63, 3.8) is 0 Å². The van der Waals surface area contributed by atoms with Gasteiger partial charge in [-0.1, -0.05) is 0 Å². The second kappa shape index (κ2) is 6.63. The van der Waals surface area contributed by atoms with Gasteiger partial charge in [-0.3, -0.25) is 0 Å². The van der Waals surface area contributed by atoms with Crippen molar-refractivity contribution in [2.75, 3.05) is 19.6 Å². The zero-order valence-electron chi connectivity index (χ0n) is 8.83. The first-order valence-electron chi connectivity index (χ1n) is 5.18. The van der Waals surface area contributed by atoms with E-state index in [1.54, 1.807) is 0 Å². The van der Waals surface area contributed by atoms with Gasteiger partial charge in [-0.05, 0) is 58.7 Å². The SMILES string of the molecule is CC(C)N1CCC(CCN)CC1.Cl. The molecular weight excluding hydrogens is 184 g/mol. The fraction of sp³-hybridized carbons (Fsp3) is 1.00. The predicted molar refractivity (Wildman–Crippen MR) is 60.4 cm³/mol. The highest BCUT2D eigenvalue weighted by atomic mass is 35.5. The van der Waals surface area contributed by atoms with Crippen LogP contribution >= 0.6 is 12.4 Å². The molecule has 0 saturated carbocycles. The Morgan fingerprint density at radius 2 is 1.85 bits per heavy atom. The largest absolute Gasteiger partial charge is 0.330 e. The molecule has 0 bridgehead atoms. The Labute approximate surface area is 88.3 Å². The molecule has 1 aliphatic heterocycles. The fourth-order valence-corrected chi connectivity index (χ4v) is 1.99. The normalized spacial score (nSPS) is 20.3. The molecule has 0 aromatic heterocycles. The van der Waals surface area contributed by atoms with Crippen molar-refractivity contribution in [2.45, 2.75) is 39.2 Å². The fourth-order valence-electron chi connectivity index (χ4n) is 1.99. The number of halogens is 1. The molecule has 13 heavy (non-hydrogen) atoms. The van der Waals surface area contributed by atoms with Crippen molar-refractivity contribution >= 4 is 12.4 Å². The van der Waals surface area contributed by atoms with Gasteiger partial charge in [0.25, 0.3) is 0 Å². The molecule has 0 radical (unpaired) electrons. The van der Waals surface area contributed by atoms with E-state index in [4.69, 9.17) is 5.73 Å². The van der Waals surface area contributed by atoms with E-state index in [2.05, 4.69) is 18.7 Å². The van der Waals surface area contributed by atoms with E-state index in [0.29, 0.717) is 0 Å². The van der Waals surface area contributed by atoms with Crippen LogP contribution in [0, 0.1) is 5.92 Å². The molecule has 0 spiro atoms. The Balaban J connectivity index is 0.00000144. The number of hydrogen-bond acceptors (Lipinski definition) is 2. The average molecular weight is 207 g/mol. The Bertz CT molecular complexity index is 120. The molecule has 1 rings (SSSR count). The maximum atomic E-state index is 5.54. The molecule has 3 heteroatoms. The zero-order valence-corrected chi connectivity index (χ0v) is 9.65. The zero-order chi connectivity index (χ0) is 8.97. The average Bonchev–Trinajstić information content (AvgIpc) is 2.06. The molecule has 0 unspecified atom stereocenters. The quantitative estimate of drug-likeness (QED) is 0.764. The molecule has 1 heterocycles. The molecule has 0 aromatic carbocycles. The summed E-state index contributed by atoms with van der Waals surface area (Å²) in [5.74, 6) is 0.907. The summed E-state index contributed by atoms with van der Waals surface area (Å²) in [5, 5.41) is 0. The Morgan fingerprint density at radius 3 is 2.23 bits per heavy atom. The monoisotopic (exact) mass is 206 g/mol. The molecule has 80 valence electrons. The van der Waals surface area contributed by atoms with E-state index < -0.39 is 0 Å². The lowest BCUT2D eigenvalue weighted by Crippen LogP contribution is -2.38. The minimum absolute atomic E-state index is 0. The van der Waals surface area contributed by atoms with Gasteiger partial charge in [0, 0.05) is 6.04 Å². The summed E-state index contributed by atoms with van der Waals surface area (Å²) in [5.41, 5.74) is 5.54. The summed E-state index contributed by atoms with van der Waals surface area (Å²) in [6.07, 6.45) is 3.94. The summed E-state index contributed by atoms with van der Waals surface area (Å²) in [6, 6.07) is 0.726. The van der Waals surface area contributed by atoms with E-state index in [9.17, 15) is 0 Å². The van der Waals surface area contributed by atoms with Crippen LogP contribution in [0.1, 0.15) is 33.1 Å². The molecular formula is C10H23ClN2. The minimum Gasteiger partial charge on any atom is -0.330 e. The van der Waals surface area contributed by atoms with Crippen LogP contribution in [0.3, 0.4) is 0 Å². The van der Waals surface area contributed by atoms with Crippen LogP contribution in [0.5, 0.6) is 0 Å². The van der Waals surface area contributed by atoms with Gasteiger partial charge < -0.3 is 10.6 Å². The van der Waals surface area contributed by atoms with Gasteiger partial charge >= 0.3 is 0 Å². The summed E-state index contributed by atoms with van der Waals surface area (Å²) < 4.78 is 0. The topological polar surface area (TPSA) is 29.3 Å². The molecule has 1 fully saturated rings. The molecule has 1 saturated heterocycles. The lowest BCUT2D eigenvalue weighted by molar-refractivity contribution is 0.146. The van der Waals surface area contributed by atoms with E-state index in [1.165, 1.54) is 32.4 Å². The van der Waals surface area contributed by atoms with E-state index >= 15 is 0 Å². The van der Waals surface area contributed by atoms with Gasteiger partial charge in [0.05, 0.1) is 0 Å². The number of nitrogens with zero attached hydrogens (tertiary/aromatic N) is 1. The lowest BCUT2D eigenvalue weighted by atomic mass is 9.93. The van der Waals surface area contributed by atoms with Gasteiger partial charge in [-0.2, -0.15) is 0 Å². The van der Waals surface area contributed by atoms with Crippen molar-refractivity contribution < 1.29 is 0 Å². The first-order valence-corrected chi connectivity index (χ1v) is 5.18. The first-order chi connectivity index (χ1) is 5.74. The van der Waals surface area contributed by atoms with Crippen LogP contribution in [0.15, 0.2) is 0 Å². The van der Waals surface area contributed by atoms with Crippen molar-refractivity contribution in [2.24, 2.45) is 11.7 Å². The van der Waals surface area contributed by atoms with Gasteiger partial charge in [0.15, 0.2) is 0 Å². The van der Waals surface area contributed by atoms with Crippen LogP contribution in [-0.2, 0) is 0 Å². The number of likely N-dealkylation sites (tertiary alicyclic amines) is 1. The van der Waals surface area contributed by atoms with Gasteiger partial charge in [-0.15, -0.1) is 12.4 Å². The molecule has 0 aliphatic carbocycles. The standard InChI is InChI=1S/C10H22N2.ClH/c1-9(2)12-7-4-10(3-6-11)5-8-12;/h9-10H,3-8,11H2,1-2H3;1H. The second-order valence-corrected chi connectivity index (χ2v) is 4.15. The summed E-state index contributed by atoms with van der Waals surface area (Å²) >= 11 is 0. The molecule has 2 nitrogen and oxygen atoms in total. The first kappa shape index (κ1) is 13.2. The third-order valence-electron chi connectivity index (χ3n) is 2.95. The molecule has 1 aliphatic rings. The van der Waals surface area contributed by atoms with Crippen molar-refractivity contribution in [3.05, 3.63) is 0 Å². The highest BCUT2D eigenvalue weighted by Crippen LogP contribution is 2.20. The minimum atomic E-state index is 0. The molecule has 2 N–H and O–H groups in total. The summed E-state index contributed by atoms with van der Waals surface area (Å²) in [4.78, 5) is 2.56. The second-order valence-electron chi connectivity index (χ2n) is 4.15. The van der Waals surface area contributed by atoms with Gasteiger partial charge in [0.2, 0.25) is 0 Å². The maximum Gasteiger partial charge on any atom is 0.00385 e. The number of nitrogens with two attached hydrogens (primary N) is 1. The van der Waals surface area contributed by atoms with Crippen molar-refractivity contribution in [3.8, 4) is 0 Å². The summed E-state index contributed by atoms with van der Waals surface area (Å²) in [6.45, 7) is 7.99. The van der Waals surface area contributed by atoms with Crippen LogP contribution in [-0.4, -0.2) is 30.6 Å².